The van der Waals surface area contributed by atoms with Crippen molar-refractivity contribution in [2.24, 2.45) is 5.92 Å². The molecule has 0 aromatic heterocycles. The molecule has 1 rings (SSSR count). The minimum atomic E-state index is -0.175. The molecule has 2 unspecified atom stereocenters. The summed E-state index contributed by atoms with van der Waals surface area (Å²) in [5.74, 6) is 0.535. The van der Waals surface area contributed by atoms with Crippen LogP contribution in [0, 0.1) is 5.92 Å². The molecule has 0 aliphatic carbocycles. The van der Waals surface area contributed by atoms with Crippen LogP contribution >= 0.6 is 0 Å². The van der Waals surface area contributed by atoms with Crippen molar-refractivity contribution >= 4 is 0 Å². The van der Waals surface area contributed by atoms with Crippen LogP contribution in [0.2, 0.25) is 0 Å². The molecule has 14 heavy (non-hydrogen) atoms. The molecule has 1 saturated heterocycles. The van der Waals surface area contributed by atoms with Crippen LogP contribution in [0.4, 0.5) is 0 Å². The van der Waals surface area contributed by atoms with Gasteiger partial charge in [0.1, 0.15) is 6.10 Å². The fourth-order valence-electron chi connectivity index (χ4n) is 1.58. The number of ether oxygens (including phenoxy) is 3. The van der Waals surface area contributed by atoms with Gasteiger partial charge in [0, 0.05) is 7.11 Å². The molecule has 3 nitrogen and oxygen atoms in total. The highest BCUT2D eigenvalue weighted by Crippen LogP contribution is 2.22. The highest BCUT2D eigenvalue weighted by atomic mass is 16.7. The van der Waals surface area contributed by atoms with E-state index in [-0.39, 0.29) is 12.4 Å². The lowest BCUT2D eigenvalue weighted by Crippen LogP contribution is -2.41. The highest BCUT2D eigenvalue weighted by molar-refractivity contribution is 4.72. The van der Waals surface area contributed by atoms with Crippen molar-refractivity contribution < 1.29 is 14.2 Å². The molecule has 0 spiro atoms. The fraction of sp³-hybridized carbons (Fsp3) is 1.00. The second-order valence-electron chi connectivity index (χ2n) is 4.39. The minimum Gasteiger partial charge on any atom is -0.376 e. The summed E-state index contributed by atoms with van der Waals surface area (Å²) in [6.45, 7) is 7.08. The normalized spacial score (nSPS) is 33.6. The van der Waals surface area contributed by atoms with Gasteiger partial charge in [0.25, 0.3) is 0 Å². The summed E-state index contributed by atoms with van der Waals surface area (Å²) in [6.07, 6.45) is 2.30. The van der Waals surface area contributed by atoms with Crippen LogP contribution < -0.4 is 0 Å². The van der Waals surface area contributed by atoms with Crippen LogP contribution in [0.3, 0.4) is 0 Å². The zero-order valence-corrected chi connectivity index (χ0v) is 9.66. The van der Waals surface area contributed by atoms with Crippen molar-refractivity contribution in [3.05, 3.63) is 0 Å². The molecule has 0 bridgehead atoms. The minimum absolute atomic E-state index is 0.102. The van der Waals surface area contributed by atoms with E-state index < -0.39 is 0 Å². The predicted molar refractivity (Wildman–Crippen MR) is 55.2 cm³/mol. The number of hydrogen-bond donors (Lipinski definition) is 0. The topological polar surface area (TPSA) is 27.7 Å². The van der Waals surface area contributed by atoms with Crippen LogP contribution in [-0.4, -0.2) is 32.2 Å². The molecule has 1 aliphatic heterocycles. The maximum absolute atomic E-state index is 5.69. The van der Waals surface area contributed by atoms with E-state index in [0.717, 1.165) is 19.4 Å². The van der Waals surface area contributed by atoms with Crippen LogP contribution in [-0.2, 0) is 14.2 Å². The Morgan fingerprint density at radius 2 is 2.07 bits per heavy atom. The molecule has 0 N–H and O–H groups in total. The van der Waals surface area contributed by atoms with Gasteiger partial charge in [-0.2, -0.15) is 0 Å². The van der Waals surface area contributed by atoms with Crippen LogP contribution in [0.1, 0.15) is 33.6 Å². The van der Waals surface area contributed by atoms with E-state index in [1.54, 1.807) is 7.11 Å². The molecule has 1 heterocycles. The molecular weight excluding hydrogens is 180 g/mol. The van der Waals surface area contributed by atoms with Crippen molar-refractivity contribution in [1.82, 2.24) is 0 Å². The van der Waals surface area contributed by atoms with E-state index in [1.165, 1.54) is 0 Å². The average Bonchev–Trinajstić information content (AvgIpc) is 2.15. The Labute approximate surface area is 86.7 Å². The average molecular weight is 202 g/mol. The maximum atomic E-state index is 5.69. The lowest BCUT2D eigenvalue weighted by Gasteiger charge is -2.34. The largest absolute Gasteiger partial charge is 0.376 e. The van der Waals surface area contributed by atoms with E-state index in [1.807, 2.05) is 0 Å². The highest BCUT2D eigenvalue weighted by Gasteiger charge is 2.30. The monoisotopic (exact) mass is 202 g/mol. The van der Waals surface area contributed by atoms with E-state index in [0.29, 0.717) is 12.0 Å². The zero-order chi connectivity index (χ0) is 10.6. The third kappa shape index (κ3) is 3.56. The lowest BCUT2D eigenvalue weighted by molar-refractivity contribution is -0.245. The molecule has 0 radical (unpaired) electrons. The fourth-order valence-corrected chi connectivity index (χ4v) is 1.58. The standard InChI is InChI=1S/C11H22O3/c1-8(2)7-13-11-10(12-4)6-5-9(3)14-11/h8-11H,5-7H2,1-4H3/t9?,10-,11?/m1/s1. The van der Waals surface area contributed by atoms with Gasteiger partial charge in [0.15, 0.2) is 6.29 Å². The molecule has 0 saturated carbocycles. The summed E-state index contributed by atoms with van der Waals surface area (Å²) in [5, 5.41) is 0. The predicted octanol–water partition coefficient (Wildman–Crippen LogP) is 2.20. The van der Waals surface area contributed by atoms with E-state index in [2.05, 4.69) is 20.8 Å². The quantitative estimate of drug-likeness (QED) is 0.699. The second kappa shape index (κ2) is 5.69. The van der Waals surface area contributed by atoms with Gasteiger partial charge >= 0.3 is 0 Å². The molecular formula is C11H22O3. The third-order valence-corrected chi connectivity index (χ3v) is 2.42. The smallest absolute Gasteiger partial charge is 0.183 e. The Bertz CT molecular complexity index is 159. The van der Waals surface area contributed by atoms with Gasteiger partial charge < -0.3 is 14.2 Å². The summed E-state index contributed by atoms with van der Waals surface area (Å²) in [4.78, 5) is 0. The summed E-state index contributed by atoms with van der Waals surface area (Å²) in [5.41, 5.74) is 0. The first-order valence-electron chi connectivity index (χ1n) is 5.43. The van der Waals surface area contributed by atoms with Crippen molar-refractivity contribution in [2.75, 3.05) is 13.7 Å². The second-order valence-corrected chi connectivity index (χ2v) is 4.39. The first-order valence-corrected chi connectivity index (χ1v) is 5.43. The van der Waals surface area contributed by atoms with Crippen LogP contribution in [0.25, 0.3) is 0 Å². The van der Waals surface area contributed by atoms with Gasteiger partial charge in [0.2, 0.25) is 0 Å². The van der Waals surface area contributed by atoms with Gasteiger partial charge in [-0.3, -0.25) is 0 Å². The summed E-state index contributed by atoms with van der Waals surface area (Å²) >= 11 is 0. The summed E-state index contributed by atoms with van der Waals surface area (Å²) in [6, 6.07) is 0. The first-order chi connectivity index (χ1) is 6.63. The Morgan fingerprint density at radius 3 is 2.64 bits per heavy atom. The zero-order valence-electron chi connectivity index (χ0n) is 9.66. The first kappa shape index (κ1) is 12.0. The van der Waals surface area contributed by atoms with Gasteiger partial charge in [-0.05, 0) is 25.7 Å². The molecule has 84 valence electrons. The van der Waals surface area contributed by atoms with Gasteiger partial charge in [-0.15, -0.1) is 0 Å². The van der Waals surface area contributed by atoms with Crippen molar-refractivity contribution in [2.45, 2.75) is 52.1 Å². The Balaban J connectivity index is 2.36. The van der Waals surface area contributed by atoms with Gasteiger partial charge in [-0.25, -0.2) is 0 Å². The molecule has 3 atom stereocenters. The van der Waals surface area contributed by atoms with Crippen molar-refractivity contribution in [3.8, 4) is 0 Å². The lowest BCUT2D eigenvalue weighted by atomic mass is 10.1. The molecule has 0 aromatic rings. The number of hydrogen-bond acceptors (Lipinski definition) is 3. The van der Waals surface area contributed by atoms with Crippen molar-refractivity contribution in [1.29, 1.82) is 0 Å². The Morgan fingerprint density at radius 1 is 1.36 bits per heavy atom. The molecule has 1 fully saturated rings. The summed E-state index contributed by atoms with van der Waals surface area (Å²) < 4.78 is 16.7. The van der Waals surface area contributed by atoms with E-state index in [4.69, 9.17) is 14.2 Å². The maximum Gasteiger partial charge on any atom is 0.183 e. The Hall–Kier alpha value is -0.120. The van der Waals surface area contributed by atoms with Crippen LogP contribution in [0.5, 0.6) is 0 Å². The summed E-state index contributed by atoms with van der Waals surface area (Å²) in [7, 11) is 1.72. The van der Waals surface area contributed by atoms with Gasteiger partial charge in [-0.1, -0.05) is 13.8 Å². The van der Waals surface area contributed by atoms with E-state index >= 15 is 0 Å². The molecule has 3 heteroatoms. The van der Waals surface area contributed by atoms with E-state index in [9.17, 15) is 0 Å². The molecule has 1 aliphatic rings. The SMILES string of the molecule is CO[C@@H]1CCC(C)OC1OCC(C)C. The molecule has 0 aromatic carbocycles. The van der Waals surface area contributed by atoms with Gasteiger partial charge in [0.05, 0.1) is 12.7 Å². The third-order valence-electron chi connectivity index (χ3n) is 2.42. The Kier molecular flexibility index (Phi) is 4.85. The number of methoxy groups -OCH3 is 1. The van der Waals surface area contributed by atoms with Crippen molar-refractivity contribution in [3.63, 3.8) is 0 Å². The molecule has 0 amide bonds. The number of rotatable bonds is 4. The van der Waals surface area contributed by atoms with Crippen LogP contribution in [0.15, 0.2) is 0 Å².